The number of rotatable bonds is 4. The van der Waals surface area contributed by atoms with Crippen molar-refractivity contribution < 1.29 is 26.0 Å². The van der Waals surface area contributed by atoms with Gasteiger partial charge in [-0.3, -0.25) is 0 Å². The molecular formula is C2H7N5O5+2. The average molecular weight is 181 g/mol. The van der Waals surface area contributed by atoms with Crippen molar-refractivity contribution in [2.45, 2.75) is 0 Å². The fourth-order valence-electron chi connectivity index (χ4n) is 0.183. The maximum Gasteiger partial charge on any atom is 1.00 e. The van der Waals surface area contributed by atoms with Crippen molar-refractivity contribution in [3.8, 4) is 0 Å². The molecule has 0 radical (unpaired) electrons. The first-order chi connectivity index (χ1) is 5.52. The lowest BCUT2D eigenvalue weighted by atomic mass is 11.2. The van der Waals surface area contributed by atoms with Crippen molar-refractivity contribution in [1.29, 1.82) is 0 Å². The average Bonchev–Trinajstić information content (AvgIpc) is 1.96. The van der Waals surface area contributed by atoms with E-state index >= 15 is 0 Å². The molecule has 0 heterocycles. The molecule has 10 heteroatoms. The molecule has 4 amide bonds. The summed E-state index contributed by atoms with van der Waals surface area (Å²) in [7, 11) is 0. The molecule has 0 aliphatic rings. The quantitative estimate of drug-likeness (QED) is 0.366. The number of primary amides is 2. The molecule has 12 heavy (non-hydrogen) atoms. The molecule has 10 nitrogen and oxygen atoms in total. The molecule has 0 saturated carbocycles. The minimum absolute atomic E-state index is 0. The highest BCUT2D eigenvalue weighted by atomic mass is 17.1. The summed E-state index contributed by atoms with van der Waals surface area (Å²) in [5.74, 6) is 0. The molecule has 0 aromatic carbocycles. The van der Waals surface area contributed by atoms with Crippen molar-refractivity contribution >= 4 is 12.1 Å². The van der Waals surface area contributed by atoms with Crippen LogP contribution in [0.5, 0.6) is 0 Å². The van der Waals surface area contributed by atoms with E-state index in [1.807, 2.05) is 0 Å². The van der Waals surface area contributed by atoms with Gasteiger partial charge in [-0.15, -0.1) is 0 Å². The number of carbonyl (C=O) groups is 2. The van der Waals surface area contributed by atoms with Gasteiger partial charge in [0, 0.05) is 0 Å². The van der Waals surface area contributed by atoms with Crippen molar-refractivity contribution in [2.75, 3.05) is 0 Å². The van der Waals surface area contributed by atoms with Crippen LogP contribution >= 0.6 is 0 Å². The van der Waals surface area contributed by atoms with Crippen LogP contribution in [0.3, 0.4) is 0 Å². The molecule has 0 atom stereocenters. The monoisotopic (exact) mass is 181 g/mol. The fraction of sp³-hybridized carbons (Fsp3) is 0. The summed E-state index contributed by atoms with van der Waals surface area (Å²) < 4.78 is 0. The van der Waals surface area contributed by atoms with Crippen molar-refractivity contribution in [3.05, 3.63) is 4.91 Å². The van der Waals surface area contributed by atoms with Gasteiger partial charge in [0.15, 0.2) is 0 Å². The first kappa shape index (κ1) is 9.74. The Morgan fingerprint density at radius 1 is 1.17 bits per heavy atom. The normalized spacial score (nSPS) is 8.00. The smallest absolute Gasteiger partial charge is 0.349 e. The van der Waals surface area contributed by atoms with Crippen LogP contribution in [0.15, 0.2) is 0 Å². The molecule has 0 unspecified atom stereocenters. The second-order valence-electron chi connectivity index (χ2n) is 1.34. The predicted molar refractivity (Wildman–Crippen MR) is 32.3 cm³/mol. The van der Waals surface area contributed by atoms with E-state index in [9.17, 15) is 14.5 Å². The zero-order valence-corrected chi connectivity index (χ0v) is 5.64. The third-order valence-corrected chi connectivity index (χ3v) is 0.442. The van der Waals surface area contributed by atoms with E-state index in [4.69, 9.17) is 0 Å². The minimum Gasteiger partial charge on any atom is -0.349 e. The Morgan fingerprint density at radius 3 is 1.75 bits per heavy atom. The SMILES string of the molecule is NC(=O)NO[N+](=O)ONC(N)=O.[H+]. The van der Waals surface area contributed by atoms with Gasteiger partial charge in [-0.05, 0) is 9.88 Å². The number of carbonyl (C=O) groups excluding carboxylic acids is 2. The van der Waals surface area contributed by atoms with Gasteiger partial charge < -0.3 is 11.5 Å². The van der Waals surface area contributed by atoms with Gasteiger partial charge in [-0.25, -0.2) is 9.59 Å². The Kier molecular flexibility index (Phi) is 3.68. The topological polar surface area (TPSA) is 149 Å². The van der Waals surface area contributed by atoms with E-state index in [1.165, 1.54) is 11.0 Å². The molecule has 0 spiro atoms. The zero-order valence-electron chi connectivity index (χ0n) is 6.64. The number of nitrogens with one attached hydrogen (secondary N) is 2. The Balaban J connectivity index is 0. The Bertz CT molecular complexity index is 187. The van der Waals surface area contributed by atoms with Gasteiger partial charge in [0.1, 0.15) is 4.91 Å². The van der Waals surface area contributed by atoms with Crippen molar-refractivity contribution in [1.82, 2.24) is 11.0 Å². The van der Waals surface area contributed by atoms with Crippen LogP contribution in [0.4, 0.5) is 9.59 Å². The van der Waals surface area contributed by atoms with E-state index in [-0.39, 0.29) is 1.43 Å². The molecule has 6 N–H and O–H groups in total. The Labute approximate surface area is 66.6 Å². The largest absolute Gasteiger partial charge is 1.00 e. The molecule has 0 aliphatic carbocycles. The predicted octanol–water partition coefficient (Wildman–Crippen LogP) is -2.09. The summed E-state index contributed by atoms with van der Waals surface area (Å²) in [5, 5.41) is -0.629. The number of amides is 4. The van der Waals surface area contributed by atoms with Gasteiger partial charge in [-0.2, -0.15) is 0 Å². The number of hydrogen-bond donors (Lipinski definition) is 4. The maximum atomic E-state index is 10.2. The lowest BCUT2D eigenvalue weighted by molar-refractivity contribution is -0.997. The van der Waals surface area contributed by atoms with Crippen LogP contribution in [0.2, 0.25) is 0 Å². The second kappa shape index (κ2) is 4.54. The van der Waals surface area contributed by atoms with Gasteiger partial charge in [0.05, 0.1) is 0 Å². The first-order valence-electron chi connectivity index (χ1n) is 2.44. The highest BCUT2D eigenvalue weighted by Crippen LogP contribution is 1.71. The zero-order chi connectivity index (χ0) is 9.56. The third-order valence-electron chi connectivity index (χ3n) is 0.442. The van der Waals surface area contributed by atoms with Crippen molar-refractivity contribution in [3.63, 3.8) is 0 Å². The van der Waals surface area contributed by atoms with E-state index in [1.54, 1.807) is 0 Å². The summed E-state index contributed by atoms with van der Waals surface area (Å²) in [5.41, 5.74) is 11.8. The Morgan fingerprint density at radius 2 is 1.50 bits per heavy atom. The van der Waals surface area contributed by atoms with Crippen LogP contribution in [-0.4, -0.2) is 17.1 Å². The van der Waals surface area contributed by atoms with Gasteiger partial charge in [0.25, 0.3) is 0 Å². The minimum atomic E-state index is -1.11. The summed E-state index contributed by atoms with van der Waals surface area (Å²) in [6.07, 6.45) is 0. The second-order valence-corrected chi connectivity index (χ2v) is 1.34. The highest BCUT2D eigenvalue weighted by molar-refractivity contribution is 5.70. The molecule has 0 fully saturated rings. The molecule has 0 aromatic heterocycles. The van der Waals surface area contributed by atoms with Crippen LogP contribution in [0.25, 0.3) is 0 Å². The highest BCUT2D eigenvalue weighted by Gasteiger charge is 2.15. The molecule has 0 aliphatic heterocycles. The summed E-state index contributed by atoms with van der Waals surface area (Å²) in [4.78, 5) is 37.4. The number of hydroxylamine groups is 2. The van der Waals surface area contributed by atoms with Crippen LogP contribution in [0, 0.1) is 4.91 Å². The van der Waals surface area contributed by atoms with E-state index < -0.39 is 17.1 Å². The molecule has 68 valence electrons. The van der Waals surface area contributed by atoms with E-state index in [0.717, 1.165) is 0 Å². The van der Waals surface area contributed by atoms with E-state index in [0.29, 0.717) is 0 Å². The fourth-order valence-corrected chi connectivity index (χ4v) is 0.183. The van der Waals surface area contributed by atoms with E-state index in [2.05, 4.69) is 21.3 Å². The van der Waals surface area contributed by atoms with Gasteiger partial charge in [0.2, 0.25) is 0 Å². The summed E-state index contributed by atoms with van der Waals surface area (Å²) >= 11 is 0. The number of urea groups is 2. The summed E-state index contributed by atoms with van der Waals surface area (Å²) in [6, 6.07) is -2.22. The lowest BCUT2D eigenvalue weighted by Gasteiger charge is -1.90. The van der Waals surface area contributed by atoms with Crippen LogP contribution < -0.4 is 22.4 Å². The Hall–Kier alpha value is -2.26. The van der Waals surface area contributed by atoms with Gasteiger partial charge >= 0.3 is 18.6 Å². The molecular weight excluding hydrogens is 174 g/mol. The molecule has 0 saturated heterocycles. The molecule has 0 aromatic rings. The summed E-state index contributed by atoms with van der Waals surface area (Å²) in [6.45, 7) is 0. The number of nitrogens with two attached hydrogens (primary N) is 2. The molecule has 0 rings (SSSR count). The standard InChI is InChI=1S/C2H5N5O5/c3-1(8)5-11-7(10)12-6-2(4)9/h(H5-,3,4,5,6,8,9)/p+2. The first-order valence-corrected chi connectivity index (χ1v) is 2.44. The molecule has 0 bridgehead atoms. The number of nitrogens with zero attached hydrogens (tertiary/aromatic N) is 1. The number of hydrogen-bond acceptors (Lipinski definition) is 5. The maximum absolute atomic E-state index is 10.2. The van der Waals surface area contributed by atoms with Crippen LogP contribution in [0.1, 0.15) is 1.43 Å². The van der Waals surface area contributed by atoms with Gasteiger partial charge in [-0.1, -0.05) is 11.0 Å². The van der Waals surface area contributed by atoms with Crippen molar-refractivity contribution in [2.24, 2.45) is 11.5 Å². The van der Waals surface area contributed by atoms with Crippen LogP contribution in [-0.2, 0) is 9.88 Å². The lowest BCUT2D eigenvalue weighted by Crippen LogP contribution is -2.38. The third kappa shape index (κ3) is 5.87.